The van der Waals surface area contributed by atoms with Crippen molar-refractivity contribution in [1.29, 1.82) is 0 Å². The van der Waals surface area contributed by atoms with Crippen molar-refractivity contribution in [3.8, 4) is 0 Å². The Hall–Kier alpha value is -2.64. The number of hydrogen-bond donors (Lipinski definition) is 2. The average Bonchev–Trinajstić information content (AvgIpc) is 3.05. The molecule has 144 valence electrons. The molecule has 2 aromatic rings. The van der Waals surface area contributed by atoms with E-state index in [1.165, 1.54) is 6.92 Å². The van der Waals surface area contributed by atoms with Gasteiger partial charge in [-0.3, -0.25) is 14.2 Å². The maximum atomic E-state index is 12.0. The number of aromatic nitrogens is 1. The number of primary amides is 1. The first kappa shape index (κ1) is 19.1. The van der Waals surface area contributed by atoms with E-state index in [0.717, 1.165) is 16.5 Å². The van der Waals surface area contributed by atoms with Gasteiger partial charge in [0.15, 0.2) is 5.76 Å². The van der Waals surface area contributed by atoms with Gasteiger partial charge in [-0.25, -0.2) is 0 Å². The smallest absolute Gasteiger partial charge is 0.283 e. The highest BCUT2D eigenvalue weighted by molar-refractivity contribution is 5.94. The lowest BCUT2D eigenvalue weighted by Gasteiger charge is -2.28. The Balaban J connectivity index is 1.92. The number of unbranched alkanes of at least 4 members (excludes halogenated alkanes) is 1. The number of allylic oxidation sites excluding steroid dienone is 1. The maximum Gasteiger partial charge on any atom is 0.283 e. The minimum Gasteiger partial charge on any atom is -0.459 e. The van der Waals surface area contributed by atoms with Gasteiger partial charge in [0, 0.05) is 37.5 Å². The van der Waals surface area contributed by atoms with Crippen LogP contribution < -0.4 is 5.73 Å². The van der Waals surface area contributed by atoms with E-state index in [9.17, 15) is 9.59 Å². The number of hydrogen-bond acceptors (Lipinski definition) is 5. The van der Waals surface area contributed by atoms with Crippen LogP contribution in [0.2, 0.25) is 0 Å². The standard InChI is InChI=1S/C20H24N2O5/c1-13(24)22-12-16(15-6-2-3-7-17(15)22)14-10-18(20(21)25)27-19(11-14)26-9-5-4-8-23/h2-3,6-7,10,12,14,19,23H,4-5,8-9,11H2,1H3,(H2,21,25)/t14-,19+/m1/s1. The van der Waals surface area contributed by atoms with Crippen molar-refractivity contribution in [3.63, 3.8) is 0 Å². The Labute approximate surface area is 157 Å². The van der Waals surface area contributed by atoms with Crippen LogP contribution in [0.5, 0.6) is 0 Å². The first-order valence-electron chi connectivity index (χ1n) is 9.03. The van der Waals surface area contributed by atoms with Crippen LogP contribution in [0, 0.1) is 0 Å². The molecule has 7 heteroatoms. The number of para-hydroxylation sites is 1. The lowest BCUT2D eigenvalue weighted by molar-refractivity contribution is -0.144. The Morgan fingerprint density at radius 3 is 2.81 bits per heavy atom. The van der Waals surface area contributed by atoms with E-state index in [4.69, 9.17) is 20.3 Å². The topological polar surface area (TPSA) is 104 Å². The third-order valence-electron chi connectivity index (χ3n) is 4.64. The van der Waals surface area contributed by atoms with Crippen LogP contribution in [-0.4, -0.2) is 41.0 Å². The van der Waals surface area contributed by atoms with Crippen molar-refractivity contribution in [2.24, 2.45) is 5.73 Å². The predicted octanol–water partition coefficient (Wildman–Crippen LogP) is 2.29. The first-order valence-corrected chi connectivity index (χ1v) is 9.03. The molecule has 0 bridgehead atoms. The normalized spacial score (nSPS) is 19.6. The number of fused-ring (bicyclic) bond motifs is 1. The Kier molecular flexibility index (Phi) is 5.93. The van der Waals surface area contributed by atoms with Gasteiger partial charge in [-0.1, -0.05) is 18.2 Å². The second-order valence-electron chi connectivity index (χ2n) is 6.58. The van der Waals surface area contributed by atoms with Crippen LogP contribution in [0.25, 0.3) is 10.9 Å². The number of nitrogens with zero attached hydrogens (tertiary/aromatic N) is 1. The highest BCUT2D eigenvalue weighted by atomic mass is 16.7. The van der Waals surface area contributed by atoms with Gasteiger partial charge >= 0.3 is 0 Å². The second-order valence-corrected chi connectivity index (χ2v) is 6.58. The van der Waals surface area contributed by atoms with Crippen molar-refractivity contribution in [3.05, 3.63) is 47.9 Å². The minimum atomic E-state index is -0.654. The van der Waals surface area contributed by atoms with E-state index < -0.39 is 12.2 Å². The van der Waals surface area contributed by atoms with Crippen molar-refractivity contribution in [2.45, 2.75) is 38.4 Å². The van der Waals surface area contributed by atoms with E-state index in [2.05, 4.69) is 0 Å². The molecule has 1 aliphatic rings. The van der Waals surface area contributed by atoms with Crippen molar-refractivity contribution in [1.82, 2.24) is 4.57 Å². The van der Waals surface area contributed by atoms with E-state index in [-0.39, 0.29) is 24.2 Å². The van der Waals surface area contributed by atoms with E-state index >= 15 is 0 Å². The number of ether oxygens (including phenoxy) is 2. The molecule has 27 heavy (non-hydrogen) atoms. The molecule has 3 N–H and O–H groups in total. The molecule has 2 atom stereocenters. The van der Waals surface area contributed by atoms with E-state index in [0.29, 0.717) is 25.9 Å². The third kappa shape index (κ3) is 4.20. The number of amides is 1. The Bertz CT molecular complexity index is 870. The Morgan fingerprint density at radius 2 is 2.11 bits per heavy atom. The molecule has 1 aromatic heterocycles. The zero-order chi connectivity index (χ0) is 19.4. The van der Waals surface area contributed by atoms with Crippen LogP contribution in [0.3, 0.4) is 0 Å². The van der Waals surface area contributed by atoms with Gasteiger partial charge in [-0.05, 0) is 30.5 Å². The van der Waals surface area contributed by atoms with Gasteiger partial charge in [0.1, 0.15) is 0 Å². The summed E-state index contributed by atoms with van der Waals surface area (Å²) < 4.78 is 12.9. The maximum absolute atomic E-state index is 12.0. The predicted molar refractivity (Wildman–Crippen MR) is 100 cm³/mol. The molecule has 3 rings (SSSR count). The molecule has 7 nitrogen and oxygen atoms in total. The fraction of sp³-hybridized carbons (Fsp3) is 0.400. The summed E-state index contributed by atoms with van der Waals surface area (Å²) in [5.74, 6) is -0.841. The van der Waals surface area contributed by atoms with Crippen molar-refractivity contribution < 1.29 is 24.2 Å². The van der Waals surface area contributed by atoms with Gasteiger partial charge in [0.2, 0.25) is 12.2 Å². The molecule has 0 saturated heterocycles. The summed E-state index contributed by atoms with van der Waals surface area (Å²) in [5, 5.41) is 9.81. The van der Waals surface area contributed by atoms with Crippen molar-refractivity contribution >= 4 is 22.7 Å². The molecular formula is C20H24N2O5. The lowest BCUT2D eigenvalue weighted by Crippen LogP contribution is -2.29. The lowest BCUT2D eigenvalue weighted by atomic mass is 9.92. The van der Waals surface area contributed by atoms with Gasteiger partial charge in [-0.2, -0.15) is 0 Å². The number of aliphatic hydroxyl groups is 1. The number of carbonyl (C=O) groups is 2. The number of rotatable bonds is 7. The SMILES string of the molecule is CC(=O)n1cc([C@@H]2C=C(C(N)=O)O[C@H](OCCCCO)C2)c2ccccc21. The van der Waals surface area contributed by atoms with Crippen molar-refractivity contribution in [2.75, 3.05) is 13.2 Å². The highest BCUT2D eigenvalue weighted by Gasteiger charge is 2.29. The largest absolute Gasteiger partial charge is 0.459 e. The molecule has 1 aliphatic heterocycles. The average molecular weight is 372 g/mol. The minimum absolute atomic E-state index is 0.0677. The quantitative estimate of drug-likeness (QED) is 0.726. The summed E-state index contributed by atoms with van der Waals surface area (Å²) in [6.07, 6.45) is 4.73. The molecule has 1 aromatic carbocycles. The van der Waals surface area contributed by atoms with Crippen LogP contribution >= 0.6 is 0 Å². The number of carbonyl (C=O) groups excluding carboxylic acids is 2. The first-order chi connectivity index (χ1) is 13.0. The molecule has 0 radical (unpaired) electrons. The second kappa shape index (κ2) is 8.37. The summed E-state index contributed by atoms with van der Waals surface area (Å²) in [6, 6.07) is 7.64. The molecule has 0 fully saturated rings. The van der Waals surface area contributed by atoms with Crippen LogP contribution in [0.4, 0.5) is 0 Å². The summed E-state index contributed by atoms with van der Waals surface area (Å²) in [6.45, 7) is 2.03. The third-order valence-corrected chi connectivity index (χ3v) is 4.64. The zero-order valence-electron chi connectivity index (χ0n) is 15.3. The van der Waals surface area contributed by atoms with E-state index in [1.807, 2.05) is 24.3 Å². The van der Waals surface area contributed by atoms with E-state index in [1.54, 1.807) is 16.8 Å². The van der Waals surface area contributed by atoms with Gasteiger partial charge in [-0.15, -0.1) is 0 Å². The fourth-order valence-electron chi connectivity index (χ4n) is 3.34. The monoisotopic (exact) mass is 372 g/mol. The number of benzene rings is 1. The van der Waals surface area contributed by atoms with Gasteiger partial charge < -0.3 is 20.3 Å². The number of aliphatic hydroxyl groups excluding tert-OH is 1. The summed E-state index contributed by atoms with van der Waals surface area (Å²) >= 11 is 0. The van der Waals surface area contributed by atoms with Gasteiger partial charge in [0.25, 0.3) is 5.91 Å². The molecule has 0 saturated carbocycles. The van der Waals surface area contributed by atoms with Crippen LogP contribution in [-0.2, 0) is 14.3 Å². The molecule has 1 amide bonds. The molecule has 0 unspecified atom stereocenters. The van der Waals surface area contributed by atoms with Crippen LogP contribution in [0.15, 0.2) is 42.3 Å². The summed E-state index contributed by atoms with van der Waals surface area (Å²) in [7, 11) is 0. The summed E-state index contributed by atoms with van der Waals surface area (Å²) in [4.78, 5) is 23.7. The fourth-order valence-corrected chi connectivity index (χ4v) is 3.34. The summed E-state index contributed by atoms with van der Waals surface area (Å²) in [5.41, 5.74) is 7.18. The molecule has 2 heterocycles. The molecule has 0 aliphatic carbocycles. The Morgan fingerprint density at radius 1 is 1.33 bits per heavy atom. The molecular weight excluding hydrogens is 348 g/mol. The van der Waals surface area contributed by atoms with Crippen LogP contribution in [0.1, 0.15) is 42.5 Å². The zero-order valence-corrected chi connectivity index (χ0v) is 15.3. The molecule has 0 spiro atoms. The number of nitrogens with two attached hydrogens (primary N) is 1. The van der Waals surface area contributed by atoms with Gasteiger partial charge in [0.05, 0.1) is 12.1 Å². The highest BCUT2D eigenvalue weighted by Crippen LogP contribution is 2.36.